The number of hydrogen-bond donors (Lipinski definition) is 1. The van der Waals surface area contributed by atoms with Crippen molar-refractivity contribution in [1.82, 2.24) is 5.32 Å². The zero-order chi connectivity index (χ0) is 16.8. The highest BCUT2D eigenvalue weighted by Crippen LogP contribution is 2.24. The molecule has 0 spiro atoms. The number of nitrogens with one attached hydrogen (secondary N) is 1. The number of carbonyl (C=O) groups excluding carboxylic acids is 1. The van der Waals surface area contributed by atoms with Gasteiger partial charge in [0.15, 0.2) is 0 Å². The molecule has 1 atom stereocenters. The Morgan fingerprint density at radius 2 is 1.95 bits per heavy atom. The van der Waals surface area contributed by atoms with Gasteiger partial charge in [-0.1, -0.05) is 18.5 Å². The summed E-state index contributed by atoms with van der Waals surface area (Å²) in [4.78, 5) is 12.3. The van der Waals surface area contributed by atoms with E-state index in [-0.39, 0.29) is 5.91 Å². The van der Waals surface area contributed by atoms with Gasteiger partial charge in [0, 0.05) is 18.7 Å². The topological polar surface area (TPSA) is 75.7 Å². The van der Waals surface area contributed by atoms with E-state index in [0.29, 0.717) is 30.3 Å². The van der Waals surface area contributed by atoms with E-state index >= 15 is 0 Å². The van der Waals surface area contributed by atoms with Gasteiger partial charge in [-0.2, -0.15) is 0 Å². The van der Waals surface area contributed by atoms with Gasteiger partial charge in [0.2, 0.25) is 15.9 Å². The summed E-state index contributed by atoms with van der Waals surface area (Å²) in [5.74, 6) is -0.361. The molecule has 0 aliphatic heterocycles. The van der Waals surface area contributed by atoms with Crippen LogP contribution < -0.4 is 9.62 Å². The van der Waals surface area contributed by atoms with Crippen molar-refractivity contribution >= 4 is 33.2 Å². The van der Waals surface area contributed by atoms with Crippen molar-refractivity contribution in [1.29, 1.82) is 0 Å². The zero-order valence-electron chi connectivity index (χ0n) is 12.9. The molecule has 0 radical (unpaired) electrons. The van der Waals surface area contributed by atoms with E-state index in [0.717, 1.165) is 10.6 Å². The smallest absolute Gasteiger partial charge is 0.243 e. The third-order valence-electron chi connectivity index (χ3n) is 3.02. The van der Waals surface area contributed by atoms with Gasteiger partial charge >= 0.3 is 0 Å². The average Bonchev–Trinajstić information content (AvgIpc) is 2.44. The van der Waals surface area contributed by atoms with Crippen LogP contribution in [-0.4, -0.2) is 46.9 Å². The summed E-state index contributed by atoms with van der Waals surface area (Å²) in [6.07, 6.45) is 1.42. The number of methoxy groups -OCH3 is 1. The Bertz CT molecular complexity index is 589. The van der Waals surface area contributed by atoms with Crippen molar-refractivity contribution in [2.75, 3.05) is 30.8 Å². The van der Waals surface area contributed by atoms with Crippen LogP contribution in [0.2, 0.25) is 5.02 Å². The number of anilines is 1. The Balaban J connectivity index is 3.08. The van der Waals surface area contributed by atoms with Crippen LogP contribution in [-0.2, 0) is 19.6 Å². The normalized spacial score (nSPS) is 12.7. The van der Waals surface area contributed by atoms with E-state index in [1.807, 2.05) is 0 Å². The predicted molar refractivity (Wildman–Crippen MR) is 87.7 cm³/mol. The summed E-state index contributed by atoms with van der Waals surface area (Å²) in [6.45, 7) is 2.45. The SMILES string of the molecule is CCC(C(=O)NCCOC)N(c1ccc(Cl)cc1)S(C)(=O)=O. The molecule has 1 N–H and O–H groups in total. The molecule has 0 aliphatic rings. The van der Waals surface area contributed by atoms with Crippen molar-refractivity contribution in [3.63, 3.8) is 0 Å². The van der Waals surface area contributed by atoms with E-state index in [9.17, 15) is 13.2 Å². The molecule has 0 aromatic heterocycles. The molecule has 1 unspecified atom stereocenters. The molecule has 6 nitrogen and oxygen atoms in total. The number of halogens is 1. The molecule has 1 amide bonds. The van der Waals surface area contributed by atoms with Gasteiger partial charge in [0.25, 0.3) is 0 Å². The minimum absolute atomic E-state index is 0.323. The second-order valence-electron chi connectivity index (χ2n) is 4.74. The standard InChI is InChI=1S/C14H21ClN2O4S/c1-4-13(14(18)16-9-10-21-2)17(22(3,19)20)12-7-5-11(15)6-8-12/h5-8,13H,4,9-10H2,1-3H3,(H,16,18). The molecule has 0 fully saturated rings. The van der Waals surface area contributed by atoms with Crippen molar-refractivity contribution in [2.24, 2.45) is 0 Å². The summed E-state index contributed by atoms with van der Waals surface area (Å²) in [7, 11) is -2.09. The first kappa shape index (κ1) is 18.7. The van der Waals surface area contributed by atoms with Gasteiger partial charge < -0.3 is 10.1 Å². The molecule has 124 valence electrons. The lowest BCUT2D eigenvalue weighted by molar-refractivity contribution is -0.122. The Hall–Kier alpha value is -1.31. The van der Waals surface area contributed by atoms with Crippen LogP contribution in [0, 0.1) is 0 Å². The van der Waals surface area contributed by atoms with Crippen LogP contribution in [0.1, 0.15) is 13.3 Å². The van der Waals surface area contributed by atoms with Gasteiger partial charge in [-0.15, -0.1) is 0 Å². The Morgan fingerprint density at radius 3 is 2.41 bits per heavy atom. The molecule has 0 heterocycles. The van der Waals surface area contributed by atoms with E-state index < -0.39 is 16.1 Å². The third kappa shape index (κ3) is 5.15. The lowest BCUT2D eigenvalue weighted by Gasteiger charge is -2.30. The van der Waals surface area contributed by atoms with Gasteiger partial charge in [0.05, 0.1) is 18.6 Å². The van der Waals surface area contributed by atoms with E-state index in [1.54, 1.807) is 31.2 Å². The Labute approximate surface area is 136 Å². The predicted octanol–water partition coefficient (Wildman–Crippen LogP) is 1.65. The van der Waals surface area contributed by atoms with Gasteiger partial charge in [-0.3, -0.25) is 9.10 Å². The van der Waals surface area contributed by atoms with Gasteiger partial charge in [0.1, 0.15) is 6.04 Å². The molecule has 0 saturated carbocycles. The quantitative estimate of drug-likeness (QED) is 0.725. The van der Waals surface area contributed by atoms with E-state index in [2.05, 4.69) is 5.32 Å². The van der Waals surface area contributed by atoms with Crippen LogP contribution >= 0.6 is 11.6 Å². The molecule has 22 heavy (non-hydrogen) atoms. The number of nitrogens with zero attached hydrogens (tertiary/aromatic N) is 1. The first-order chi connectivity index (χ1) is 10.3. The summed E-state index contributed by atoms with van der Waals surface area (Å²) >= 11 is 5.83. The summed E-state index contributed by atoms with van der Waals surface area (Å²) in [5.41, 5.74) is 0.403. The maximum atomic E-state index is 12.3. The first-order valence-corrected chi connectivity index (χ1v) is 9.05. The fraction of sp³-hybridized carbons (Fsp3) is 0.500. The minimum atomic E-state index is -3.62. The van der Waals surface area contributed by atoms with Crippen molar-refractivity contribution in [3.05, 3.63) is 29.3 Å². The molecule has 0 aliphatic carbocycles. The van der Waals surface area contributed by atoms with Crippen molar-refractivity contribution < 1.29 is 17.9 Å². The molecular weight excluding hydrogens is 328 g/mol. The van der Waals surface area contributed by atoms with Crippen LogP contribution in [0.3, 0.4) is 0 Å². The fourth-order valence-electron chi connectivity index (χ4n) is 2.04. The lowest BCUT2D eigenvalue weighted by Crippen LogP contribution is -2.49. The Morgan fingerprint density at radius 1 is 1.36 bits per heavy atom. The molecule has 1 aromatic rings. The molecule has 0 saturated heterocycles. The molecule has 8 heteroatoms. The highest BCUT2D eigenvalue weighted by Gasteiger charge is 2.31. The average molecular weight is 349 g/mol. The van der Waals surface area contributed by atoms with E-state index in [4.69, 9.17) is 16.3 Å². The van der Waals surface area contributed by atoms with Crippen LogP contribution in [0.15, 0.2) is 24.3 Å². The van der Waals surface area contributed by atoms with Crippen molar-refractivity contribution in [3.8, 4) is 0 Å². The fourth-order valence-corrected chi connectivity index (χ4v) is 3.38. The number of sulfonamides is 1. The number of benzene rings is 1. The first-order valence-electron chi connectivity index (χ1n) is 6.82. The monoisotopic (exact) mass is 348 g/mol. The molecule has 1 rings (SSSR count). The summed E-state index contributed by atoms with van der Waals surface area (Å²) in [5, 5.41) is 3.17. The largest absolute Gasteiger partial charge is 0.383 e. The number of amides is 1. The van der Waals surface area contributed by atoms with Gasteiger partial charge in [-0.05, 0) is 30.7 Å². The number of carbonyl (C=O) groups is 1. The molecular formula is C14H21ClN2O4S. The molecule has 0 bridgehead atoms. The number of hydrogen-bond acceptors (Lipinski definition) is 4. The maximum absolute atomic E-state index is 12.3. The second kappa shape index (κ2) is 8.36. The number of rotatable bonds is 8. The lowest BCUT2D eigenvalue weighted by atomic mass is 10.2. The minimum Gasteiger partial charge on any atom is -0.383 e. The van der Waals surface area contributed by atoms with E-state index in [1.165, 1.54) is 7.11 Å². The maximum Gasteiger partial charge on any atom is 0.243 e. The van der Waals surface area contributed by atoms with Crippen molar-refractivity contribution in [2.45, 2.75) is 19.4 Å². The number of ether oxygens (including phenoxy) is 1. The van der Waals surface area contributed by atoms with Gasteiger partial charge in [-0.25, -0.2) is 8.42 Å². The zero-order valence-corrected chi connectivity index (χ0v) is 14.4. The van der Waals surface area contributed by atoms with Crippen LogP contribution in [0.4, 0.5) is 5.69 Å². The van der Waals surface area contributed by atoms with Crippen LogP contribution in [0.25, 0.3) is 0 Å². The highest BCUT2D eigenvalue weighted by molar-refractivity contribution is 7.92. The second-order valence-corrected chi connectivity index (χ2v) is 7.04. The highest BCUT2D eigenvalue weighted by atomic mass is 35.5. The third-order valence-corrected chi connectivity index (χ3v) is 4.45. The summed E-state index contributed by atoms with van der Waals surface area (Å²) < 4.78 is 30.3. The summed E-state index contributed by atoms with van der Waals surface area (Å²) in [6, 6.07) is 5.51. The Kier molecular flexibility index (Phi) is 7.12. The van der Waals surface area contributed by atoms with Crippen LogP contribution in [0.5, 0.6) is 0 Å². The molecule has 1 aromatic carbocycles.